The van der Waals surface area contributed by atoms with Crippen LogP contribution < -0.4 is 10.1 Å². The topological polar surface area (TPSA) is 55.4 Å². The first-order chi connectivity index (χ1) is 9.31. The van der Waals surface area contributed by atoms with E-state index in [1.165, 1.54) is 13.0 Å². The fraction of sp³-hybridized carbons (Fsp3) is 0.467. The smallest absolute Gasteiger partial charge is 0.260 e. The number of hydrogen-bond donors (Lipinski definition) is 1. The molecule has 1 unspecified atom stereocenters. The number of halogens is 1. The maximum atomic E-state index is 11.8. The van der Waals surface area contributed by atoms with Gasteiger partial charge in [-0.05, 0) is 38.0 Å². The van der Waals surface area contributed by atoms with Crippen molar-refractivity contribution in [2.45, 2.75) is 33.8 Å². The Morgan fingerprint density at radius 3 is 2.45 bits per heavy atom. The van der Waals surface area contributed by atoms with Crippen LogP contribution in [0.5, 0.6) is 5.75 Å². The van der Waals surface area contributed by atoms with Gasteiger partial charge in [-0.25, -0.2) is 0 Å². The Morgan fingerprint density at radius 2 is 1.95 bits per heavy atom. The first-order valence-electron chi connectivity index (χ1n) is 6.56. The molecular formula is C15H20ClNO3. The monoisotopic (exact) mass is 297 g/mol. The standard InChI is InChI=1S/C15H20ClNO3/c1-9(2)8-17-15(19)11(4)20-14-6-5-12(10(3)18)7-13(14)16/h5-7,9,11H,8H2,1-4H3,(H,17,19). The lowest BCUT2D eigenvalue weighted by molar-refractivity contribution is -0.127. The highest BCUT2D eigenvalue weighted by molar-refractivity contribution is 6.32. The number of ether oxygens (including phenoxy) is 1. The fourth-order valence-electron chi connectivity index (χ4n) is 1.51. The number of carbonyl (C=O) groups is 2. The predicted molar refractivity (Wildman–Crippen MR) is 79.4 cm³/mol. The molecule has 1 atom stereocenters. The first-order valence-corrected chi connectivity index (χ1v) is 6.94. The maximum absolute atomic E-state index is 11.8. The largest absolute Gasteiger partial charge is 0.479 e. The molecule has 110 valence electrons. The van der Waals surface area contributed by atoms with Gasteiger partial charge in [-0.15, -0.1) is 0 Å². The molecule has 1 aromatic carbocycles. The summed E-state index contributed by atoms with van der Waals surface area (Å²) in [7, 11) is 0. The van der Waals surface area contributed by atoms with Gasteiger partial charge in [0.15, 0.2) is 11.9 Å². The van der Waals surface area contributed by atoms with Crippen LogP contribution in [-0.4, -0.2) is 24.3 Å². The molecule has 0 fully saturated rings. The SMILES string of the molecule is CC(=O)c1ccc(OC(C)C(=O)NCC(C)C)c(Cl)c1. The van der Waals surface area contributed by atoms with E-state index in [9.17, 15) is 9.59 Å². The normalized spacial score (nSPS) is 12.1. The zero-order valence-corrected chi connectivity index (χ0v) is 13.0. The molecule has 0 spiro atoms. The van der Waals surface area contributed by atoms with E-state index in [0.717, 1.165) is 0 Å². The molecule has 0 aliphatic carbocycles. The van der Waals surface area contributed by atoms with E-state index < -0.39 is 6.10 Å². The summed E-state index contributed by atoms with van der Waals surface area (Å²) in [5.74, 6) is 0.514. The van der Waals surface area contributed by atoms with Crippen molar-refractivity contribution < 1.29 is 14.3 Å². The van der Waals surface area contributed by atoms with Crippen LogP contribution in [0.1, 0.15) is 38.1 Å². The van der Waals surface area contributed by atoms with Gasteiger partial charge in [-0.1, -0.05) is 25.4 Å². The van der Waals surface area contributed by atoms with Crippen molar-refractivity contribution in [2.24, 2.45) is 5.92 Å². The average molecular weight is 298 g/mol. The van der Waals surface area contributed by atoms with Gasteiger partial charge in [0.1, 0.15) is 5.75 Å². The molecule has 1 N–H and O–H groups in total. The maximum Gasteiger partial charge on any atom is 0.260 e. The van der Waals surface area contributed by atoms with E-state index in [1.54, 1.807) is 19.1 Å². The van der Waals surface area contributed by atoms with E-state index in [1.807, 2.05) is 13.8 Å². The molecule has 0 saturated carbocycles. The molecule has 0 aromatic heterocycles. The Bertz CT molecular complexity index is 500. The number of rotatable bonds is 6. The molecule has 1 rings (SSSR count). The van der Waals surface area contributed by atoms with Gasteiger partial charge in [0, 0.05) is 12.1 Å². The molecule has 20 heavy (non-hydrogen) atoms. The number of nitrogens with one attached hydrogen (secondary N) is 1. The van der Waals surface area contributed by atoms with Gasteiger partial charge in [0.05, 0.1) is 5.02 Å². The second-order valence-electron chi connectivity index (χ2n) is 5.10. The molecule has 0 aliphatic rings. The quantitative estimate of drug-likeness (QED) is 0.821. The molecular weight excluding hydrogens is 278 g/mol. The van der Waals surface area contributed by atoms with Crippen LogP contribution in [0, 0.1) is 5.92 Å². The van der Waals surface area contributed by atoms with Crippen LogP contribution in [0.4, 0.5) is 0 Å². The highest BCUT2D eigenvalue weighted by Crippen LogP contribution is 2.26. The van der Waals surface area contributed by atoms with Gasteiger partial charge in [-0.3, -0.25) is 9.59 Å². The third kappa shape index (κ3) is 4.85. The highest BCUT2D eigenvalue weighted by Gasteiger charge is 2.16. The molecule has 0 heterocycles. The average Bonchev–Trinajstić information content (AvgIpc) is 2.37. The van der Waals surface area contributed by atoms with Crippen LogP contribution in [0.15, 0.2) is 18.2 Å². The zero-order valence-electron chi connectivity index (χ0n) is 12.2. The van der Waals surface area contributed by atoms with Crippen LogP contribution in [0.25, 0.3) is 0 Å². The summed E-state index contributed by atoms with van der Waals surface area (Å²) in [6, 6.07) is 4.77. The van der Waals surface area contributed by atoms with Gasteiger partial charge < -0.3 is 10.1 Å². The molecule has 0 radical (unpaired) electrons. The third-order valence-electron chi connectivity index (χ3n) is 2.70. The van der Waals surface area contributed by atoms with E-state index in [2.05, 4.69) is 5.32 Å². The van der Waals surface area contributed by atoms with Crippen molar-refractivity contribution in [1.29, 1.82) is 0 Å². The third-order valence-corrected chi connectivity index (χ3v) is 2.99. The lowest BCUT2D eigenvalue weighted by Gasteiger charge is -2.16. The van der Waals surface area contributed by atoms with Crippen molar-refractivity contribution in [3.63, 3.8) is 0 Å². The summed E-state index contributed by atoms with van der Waals surface area (Å²) in [4.78, 5) is 23.0. The summed E-state index contributed by atoms with van der Waals surface area (Å²) < 4.78 is 5.52. The summed E-state index contributed by atoms with van der Waals surface area (Å²) in [5.41, 5.74) is 0.513. The Morgan fingerprint density at radius 1 is 1.30 bits per heavy atom. The number of benzene rings is 1. The van der Waals surface area contributed by atoms with Crippen molar-refractivity contribution in [2.75, 3.05) is 6.54 Å². The Labute approximate surface area is 124 Å². The summed E-state index contributed by atoms with van der Waals surface area (Å²) in [6.45, 7) is 7.76. The van der Waals surface area contributed by atoms with Crippen LogP contribution in [-0.2, 0) is 4.79 Å². The van der Waals surface area contributed by atoms with Gasteiger partial charge in [0.25, 0.3) is 5.91 Å². The minimum Gasteiger partial charge on any atom is -0.479 e. The Balaban J connectivity index is 2.68. The van der Waals surface area contributed by atoms with Crippen LogP contribution in [0.3, 0.4) is 0 Å². The fourth-order valence-corrected chi connectivity index (χ4v) is 1.73. The number of hydrogen-bond acceptors (Lipinski definition) is 3. The van der Waals surface area contributed by atoms with Crippen LogP contribution in [0.2, 0.25) is 5.02 Å². The number of Topliss-reactive ketones (excluding diaryl/α,β-unsaturated/α-hetero) is 1. The predicted octanol–water partition coefficient (Wildman–Crippen LogP) is 3.08. The zero-order chi connectivity index (χ0) is 15.3. The number of amides is 1. The lowest BCUT2D eigenvalue weighted by atomic mass is 10.1. The molecule has 0 bridgehead atoms. The molecule has 5 heteroatoms. The Kier molecular flexibility index (Phi) is 6.02. The van der Waals surface area contributed by atoms with E-state index >= 15 is 0 Å². The second kappa shape index (κ2) is 7.29. The lowest BCUT2D eigenvalue weighted by Crippen LogP contribution is -2.38. The van der Waals surface area contributed by atoms with E-state index in [-0.39, 0.29) is 11.7 Å². The summed E-state index contributed by atoms with van der Waals surface area (Å²) in [5, 5.41) is 3.11. The number of ketones is 1. The molecule has 0 aliphatic heterocycles. The van der Waals surface area contributed by atoms with Crippen molar-refractivity contribution in [3.8, 4) is 5.75 Å². The van der Waals surface area contributed by atoms with Crippen LogP contribution >= 0.6 is 11.6 Å². The molecule has 0 saturated heterocycles. The van der Waals surface area contributed by atoms with Gasteiger partial charge in [0.2, 0.25) is 0 Å². The summed E-state index contributed by atoms with van der Waals surface area (Å²) in [6.07, 6.45) is -0.644. The highest BCUT2D eigenvalue weighted by atomic mass is 35.5. The van der Waals surface area contributed by atoms with Gasteiger partial charge >= 0.3 is 0 Å². The van der Waals surface area contributed by atoms with E-state index in [4.69, 9.17) is 16.3 Å². The second-order valence-corrected chi connectivity index (χ2v) is 5.51. The molecule has 1 amide bonds. The van der Waals surface area contributed by atoms with Gasteiger partial charge in [-0.2, -0.15) is 0 Å². The molecule has 4 nitrogen and oxygen atoms in total. The number of carbonyl (C=O) groups excluding carboxylic acids is 2. The minimum atomic E-state index is -0.644. The minimum absolute atomic E-state index is 0.0684. The molecule has 1 aromatic rings. The Hall–Kier alpha value is -1.55. The van der Waals surface area contributed by atoms with E-state index in [0.29, 0.717) is 28.8 Å². The first kappa shape index (κ1) is 16.5. The summed E-state index contributed by atoms with van der Waals surface area (Å²) >= 11 is 6.04. The van der Waals surface area contributed by atoms with Crippen molar-refractivity contribution >= 4 is 23.3 Å². The van der Waals surface area contributed by atoms with Crippen molar-refractivity contribution in [1.82, 2.24) is 5.32 Å². The van der Waals surface area contributed by atoms with Crippen molar-refractivity contribution in [3.05, 3.63) is 28.8 Å².